The van der Waals surface area contributed by atoms with Crippen LogP contribution < -0.4 is 10.6 Å². The quantitative estimate of drug-likeness (QED) is 0.724. The van der Waals surface area contributed by atoms with E-state index in [1.165, 1.54) is 0 Å². The molecule has 1 aromatic rings. The summed E-state index contributed by atoms with van der Waals surface area (Å²) in [5.41, 5.74) is 1.39. The highest BCUT2D eigenvalue weighted by Crippen LogP contribution is 2.48. The van der Waals surface area contributed by atoms with Gasteiger partial charge in [0.05, 0.1) is 12.0 Å². The van der Waals surface area contributed by atoms with E-state index in [0.29, 0.717) is 25.5 Å². The summed E-state index contributed by atoms with van der Waals surface area (Å²) in [5, 5.41) is 5.81. The Morgan fingerprint density at radius 2 is 1.87 bits per heavy atom. The second-order valence-corrected chi connectivity index (χ2v) is 6.55. The third-order valence-electron chi connectivity index (χ3n) is 4.09. The van der Waals surface area contributed by atoms with Crippen molar-refractivity contribution in [2.24, 2.45) is 5.92 Å². The van der Waals surface area contributed by atoms with Gasteiger partial charge in [-0.25, -0.2) is 0 Å². The largest absolute Gasteiger partial charge is 0.383 e. The van der Waals surface area contributed by atoms with Crippen molar-refractivity contribution in [2.45, 2.75) is 38.5 Å². The number of nitrogens with one attached hydrogen (secondary N) is 2. The van der Waals surface area contributed by atoms with Crippen molar-refractivity contribution in [3.05, 3.63) is 29.8 Å². The van der Waals surface area contributed by atoms with Crippen molar-refractivity contribution in [1.82, 2.24) is 5.32 Å². The Labute approximate surface area is 137 Å². The minimum atomic E-state index is -0.395. The standard InChI is InChI=1S/C18H26N2O3/c1-13(2)12-16(21)20-15-6-4-14(5-7-15)18(8-9-18)17(22)19-10-11-23-3/h4-7,13H,8-12H2,1-3H3,(H,19,22)(H,20,21). The molecular weight excluding hydrogens is 292 g/mol. The first-order valence-corrected chi connectivity index (χ1v) is 8.15. The number of carbonyl (C=O) groups excluding carboxylic acids is 2. The summed E-state index contributed by atoms with van der Waals surface area (Å²) < 4.78 is 4.96. The average Bonchev–Trinajstić information content (AvgIpc) is 3.29. The second kappa shape index (κ2) is 7.59. The minimum absolute atomic E-state index is 0.0196. The summed E-state index contributed by atoms with van der Waals surface area (Å²) in [6, 6.07) is 7.62. The first-order chi connectivity index (χ1) is 11.0. The number of hydrogen-bond acceptors (Lipinski definition) is 3. The third kappa shape index (κ3) is 4.55. The number of rotatable bonds is 8. The lowest BCUT2D eigenvalue weighted by atomic mass is 9.94. The molecule has 23 heavy (non-hydrogen) atoms. The predicted molar refractivity (Wildman–Crippen MR) is 90.3 cm³/mol. The summed E-state index contributed by atoms with van der Waals surface area (Å²) in [6.45, 7) is 5.08. The topological polar surface area (TPSA) is 67.4 Å². The lowest BCUT2D eigenvalue weighted by Gasteiger charge is -2.16. The van der Waals surface area contributed by atoms with Crippen molar-refractivity contribution in [3.8, 4) is 0 Å². The molecule has 0 heterocycles. The van der Waals surface area contributed by atoms with Gasteiger partial charge in [0.15, 0.2) is 0 Å². The van der Waals surface area contributed by atoms with Gasteiger partial charge in [0.2, 0.25) is 11.8 Å². The van der Waals surface area contributed by atoms with Crippen LogP contribution in [0.5, 0.6) is 0 Å². The number of methoxy groups -OCH3 is 1. The van der Waals surface area contributed by atoms with E-state index in [9.17, 15) is 9.59 Å². The van der Waals surface area contributed by atoms with E-state index in [4.69, 9.17) is 4.74 Å². The van der Waals surface area contributed by atoms with Crippen molar-refractivity contribution in [1.29, 1.82) is 0 Å². The van der Waals surface area contributed by atoms with Gasteiger partial charge in [0.25, 0.3) is 0 Å². The van der Waals surface area contributed by atoms with Gasteiger partial charge >= 0.3 is 0 Å². The van der Waals surface area contributed by atoms with Crippen LogP contribution in [0.25, 0.3) is 0 Å². The number of benzene rings is 1. The molecule has 0 radical (unpaired) electrons. The van der Waals surface area contributed by atoms with Crippen LogP contribution in [0.3, 0.4) is 0 Å². The van der Waals surface area contributed by atoms with Crippen LogP contribution in [0.4, 0.5) is 5.69 Å². The summed E-state index contributed by atoms with van der Waals surface area (Å²) in [4.78, 5) is 24.1. The van der Waals surface area contributed by atoms with E-state index in [-0.39, 0.29) is 11.8 Å². The SMILES string of the molecule is COCCNC(=O)C1(c2ccc(NC(=O)CC(C)C)cc2)CC1. The van der Waals surface area contributed by atoms with E-state index in [0.717, 1.165) is 24.1 Å². The molecule has 0 bridgehead atoms. The number of amides is 2. The van der Waals surface area contributed by atoms with Crippen molar-refractivity contribution in [2.75, 3.05) is 25.6 Å². The molecule has 0 unspecified atom stereocenters. The van der Waals surface area contributed by atoms with Crippen LogP contribution in [0.2, 0.25) is 0 Å². The first kappa shape index (κ1) is 17.5. The molecule has 1 aliphatic rings. The van der Waals surface area contributed by atoms with Gasteiger partial charge in [-0.05, 0) is 36.5 Å². The number of ether oxygens (including phenoxy) is 1. The summed E-state index contributed by atoms with van der Waals surface area (Å²) in [5.74, 6) is 0.414. The molecule has 0 atom stereocenters. The highest BCUT2D eigenvalue weighted by Gasteiger charge is 2.50. The van der Waals surface area contributed by atoms with Gasteiger partial charge in [-0.1, -0.05) is 26.0 Å². The molecule has 0 aromatic heterocycles. The second-order valence-electron chi connectivity index (χ2n) is 6.55. The Morgan fingerprint density at radius 1 is 1.22 bits per heavy atom. The van der Waals surface area contributed by atoms with E-state index < -0.39 is 5.41 Å². The molecule has 1 saturated carbocycles. The maximum atomic E-state index is 12.4. The molecule has 2 N–H and O–H groups in total. The summed E-state index contributed by atoms with van der Waals surface area (Å²) in [7, 11) is 1.62. The third-order valence-corrected chi connectivity index (χ3v) is 4.09. The molecule has 126 valence electrons. The van der Waals surface area contributed by atoms with Crippen molar-refractivity contribution in [3.63, 3.8) is 0 Å². The fraction of sp³-hybridized carbons (Fsp3) is 0.556. The minimum Gasteiger partial charge on any atom is -0.383 e. The van der Waals surface area contributed by atoms with Gasteiger partial charge in [0, 0.05) is 25.8 Å². The first-order valence-electron chi connectivity index (χ1n) is 8.15. The highest BCUT2D eigenvalue weighted by atomic mass is 16.5. The Bertz CT molecular complexity index is 548. The molecule has 5 nitrogen and oxygen atoms in total. The Balaban J connectivity index is 1.96. The zero-order valence-corrected chi connectivity index (χ0v) is 14.1. The molecule has 0 aliphatic heterocycles. The van der Waals surface area contributed by atoms with E-state index in [2.05, 4.69) is 10.6 Å². The molecular formula is C18H26N2O3. The maximum Gasteiger partial charge on any atom is 0.230 e. The van der Waals surface area contributed by atoms with Crippen LogP contribution in [-0.4, -0.2) is 32.1 Å². The average molecular weight is 318 g/mol. The van der Waals surface area contributed by atoms with Crippen molar-refractivity contribution >= 4 is 17.5 Å². The van der Waals surface area contributed by atoms with Crippen LogP contribution >= 0.6 is 0 Å². The predicted octanol–water partition coefficient (Wildman–Crippen LogP) is 2.47. The number of hydrogen-bond donors (Lipinski definition) is 2. The van der Waals surface area contributed by atoms with Gasteiger partial charge in [-0.3, -0.25) is 9.59 Å². The zero-order chi connectivity index (χ0) is 16.9. The molecule has 5 heteroatoms. The van der Waals surface area contributed by atoms with E-state index >= 15 is 0 Å². The van der Waals surface area contributed by atoms with Gasteiger partial charge in [-0.2, -0.15) is 0 Å². The molecule has 0 saturated heterocycles. The Morgan fingerprint density at radius 3 is 2.39 bits per heavy atom. The van der Waals surface area contributed by atoms with Crippen LogP contribution in [-0.2, 0) is 19.7 Å². The fourth-order valence-electron chi connectivity index (χ4n) is 2.66. The van der Waals surface area contributed by atoms with E-state index in [1.807, 2.05) is 38.1 Å². The van der Waals surface area contributed by atoms with Crippen LogP contribution in [0.15, 0.2) is 24.3 Å². The summed E-state index contributed by atoms with van der Waals surface area (Å²) >= 11 is 0. The molecule has 1 aliphatic carbocycles. The van der Waals surface area contributed by atoms with Gasteiger partial charge in [-0.15, -0.1) is 0 Å². The summed E-state index contributed by atoms with van der Waals surface area (Å²) in [6.07, 6.45) is 2.24. The normalized spacial score (nSPS) is 15.3. The molecule has 1 fully saturated rings. The van der Waals surface area contributed by atoms with Crippen LogP contribution in [0.1, 0.15) is 38.7 Å². The van der Waals surface area contributed by atoms with Gasteiger partial charge < -0.3 is 15.4 Å². The zero-order valence-electron chi connectivity index (χ0n) is 14.1. The fourth-order valence-corrected chi connectivity index (χ4v) is 2.66. The van der Waals surface area contributed by atoms with Gasteiger partial charge in [0.1, 0.15) is 0 Å². The molecule has 0 spiro atoms. The monoisotopic (exact) mass is 318 g/mol. The van der Waals surface area contributed by atoms with Crippen molar-refractivity contribution < 1.29 is 14.3 Å². The lowest BCUT2D eigenvalue weighted by molar-refractivity contribution is -0.123. The molecule has 2 rings (SSSR count). The maximum absolute atomic E-state index is 12.4. The molecule has 2 amide bonds. The Hall–Kier alpha value is -1.88. The Kier molecular flexibility index (Phi) is 5.77. The van der Waals surface area contributed by atoms with Crippen LogP contribution in [0, 0.1) is 5.92 Å². The number of anilines is 1. The lowest BCUT2D eigenvalue weighted by Crippen LogP contribution is -2.36. The number of carbonyl (C=O) groups is 2. The molecule has 1 aromatic carbocycles. The van der Waals surface area contributed by atoms with E-state index in [1.54, 1.807) is 7.11 Å². The smallest absolute Gasteiger partial charge is 0.230 e. The highest BCUT2D eigenvalue weighted by molar-refractivity contribution is 5.92.